The molecular weight excluding hydrogens is 392 g/mol. The van der Waals surface area contributed by atoms with Crippen LogP contribution >= 0.6 is 0 Å². The van der Waals surface area contributed by atoms with Crippen LogP contribution in [0.2, 0.25) is 0 Å². The summed E-state index contributed by atoms with van der Waals surface area (Å²) in [6.07, 6.45) is 1.49. The molecule has 0 atom stereocenters. The van der Waals surface area contributed by atoms with Gasteiger partial charge in [0, 0.05) is 43.8 Å². The molecule has 8 nitrogen and oxygen atoms in total. The molecular formula is C23H26N6O2. The number of para-hydroxylation sites is 1. The van der Waals surface area contributed by atoms with E-state index < -0.39 is 0 Å². The maximum Gasteiger partial charge on any atom is 0.260 e. The second kappa shape index (κ2) is 9.34. The number of hydrogen-bond acceptors (Lipinski definition) is 7. The first-order valence-electron chi connectivity index (χ1n) is 10.4. The maximum atomic E-state index is 12.6. The van der Waals surface area contributed by atoms with Crippen molar-refractivity contribution in [2.24, 2.45) is 0 Å². The van der Waals surface area contributed by atoms with Crippen molar-refractivity contribution in [1.82, 2.24) is 9.97 Å². The predicted octanol–water partition coefficient (Wildman–Crippen LogP) is 3.04. The minimum atomic E-state index is -0.345. The van der Waals surface area contributed by atoms with Gasteiger partial charge in [-0.3, -0.25) is 4.79 Å². The van der Waals surface area contributed by atoms with Gasteiger partial charge in [0.15, 0.2) is 0 Å². The van der Waals surface area contributed by atoms with E-state index in [4.69, 9.17) is 10.5 Å². The Hall–Kier alpha value is -3.81. The quantitative estimate of drug-likeness (QED) is 0.635. The molecule has 1 aliphatic rings. The summed E-state index contributed by atoms with van der Waals surface area (Å²) in [5.74, 6) is 1.11. The number of carbonyl (C=O) groups excluding carboxylic acids is 1. The molecule has 0 radical (unpaired) electrons. The highest BCUT2D eigenvalue weighted by molar-refractivity contribution is 6.07. The van der Waals surface area contributed by atoms with Crippen LogP contribution in [0.1, 0.15) is 17.3 Å². The van der Waals surface area contributed by atoms with Gasteiger partial charge in [0.25, 0.3) is 5.91 Å². The maximum absolute atomic E-state index is 12.6. The van der Waals surface area contributed by atoms with Crippen molar-refractivity contribution in [3.8, 4) is 5.75 Å². The lowest BCUT2D eigenvalue weighted by Crippen LogP contribution is -2.47. The van der Waals surface area contributed by atoms with Crippen molar-refractivity contribution in [3.05, 3.63) is 66.4 Å². The van der Waals surface area contributed by atoms with E-state index in [1.165, 1.54) is 11.9 Å². The van der Waals surface area contributed by atoms with Gasteiger partial charge in [-0.2, -0.15) is 4.98 Å². The number of hydrogen-bond donors (Lipinski definition) is 2. The van der Waals surface area contributed by atoms with Gasteiger partial charge in [-0.15, -0.1) is 0 Å². The third kappa shape index (κ3) is 4.85. The van der Waals surface area contributed by atoms with Crippen LogP contribution in [0.5, 0.6) is 5.75 Å². The van der Waals surface area contributed by atoms with Crippen LogP contribution in [0.4, 0.5) is 23.1 Å². The molecule has 8 heteroatoms. The Morgan fingerprint density at radius 3 is 2.35 bits per heavy atom. The summed E-state index contributed by atoms with van der Waals surface area (Å²) in [6.45, 7) is 5.82. The zero-order valence-corrected chi connectivity index (χ0v) is 17.5. The molecule has 0 saturated carbocycles. The van der Waals surface area contributed by atoms with E-state index in [1.807, 2.05) is 25.1 Å². The Kier molecular flexibility index (Phi) is 6.16. The molecule has 1 amide bonds. The minimum absolute atomic E-state index is 0.166. The molecule has 3 N–H and O–H groups in total. The highest BCUT2D eigenvalue weighted by atomic mass is 16.5. The first-order chi connectivity index (χ1) is 15.1. The first-order valence-corrected chi connectivity index (χ1v) is 10.4. The van der Waals surface area contributed by atoms with Gasteiger partial charge in [0.2, 0.25) is 5.95 Å². The van der Waals surface area contributed by atoms with Gasteiger partial charge in [0.1, 0.15) is 17.1 Å². The first kappa shape index (κ1) is 20.5. The molecule has 1 aromatic heterocycles. The molecule has 0 aliphatic carbocycles. The van der Waals surface area contributed by atoms with Gasteiger partial charge in [-0.05, 0) is 43.3 Å². The fourth-order valence-corrected chi connectivity index (χ4v) is 3.52. The number of rotatable bonds is 6. The van der Waals surface area contributed by atoms with Gasteiger partial charge >= 0.3 is 0 Å². The fourth-order valence-electron chi connectivity index (χ4n) is 3.52. The second-order valence-electron chi connectivity index (χ2n) is 7.19. The van der Waals surface area contributed by atoms with Crippen molar-refractivity contribution in [2.75, 3.05) is 53.6 Å². The Morgan fingerprint density at radius 1 is 1.03 bits per heavy atom. The minimum Gasteiger partial charge on any atom is -0.494 e. The van der Waals surface area contributed by atoms with Crippen LogP contribution in [0, 0.1) is 0 Å². The van der Waals surface area contributed by atoms with Crippen LogP contribution in [0.15, 0.2) is 60.8 Å². The monoisotopic (exact) mass is 418 g/mol. The van der Waals surface area contributed by atoms with Crippen LogP contribution in [0.3, 0.4) is 0 Å². The van der Waals surface area contributed by atoms with E-state index in [2.05, 4.69) is 37.2 Å². The number of ether oxygens (including phenoxy) is 1. The number of aromatic nitrogens is 2. The number of amides is 1. The van der Waals surface area contributed by atoms with Gasteiger partial charge in [-0.1, -0.05) is 18.2 Å². The molecule has 1 saturated heterocycles. The zero-order valence-electron chi connectivity index (χ0n) is 17.5. The van der Waals surface area contributed by atoms with Crippen molar-refractivity contribution < 1.29 is 9.53 Å². The highest BCUT2D eigenvalue weighted by Crippen LogP contribution is 2.21. The number of nitrogens with zero attached hydrogens (tertiary/aromatic N) is 4. The van der Waals surface area contributed by atoms with Crippen molar-refractivity contribution in [2.45, 2.75) is 6.92 Å². The van der Waals surface area contributed by atoms with E-state index in [-0.39, 0.29) is 17.3 Å². The van der Waals surface area contributed by atoms with Gasteiger partial charge < -0.3 is 25.6 Å². The molecule has 4 rings (SSSR count). The number of anilines is 4. The third-order valence-electron chi connectivity index (χ3n) is 5.16. The standard InChI is InChI=1S/C23H26N6O2/c1-2-31-19-10-8-17(9-11-19)26-22(30)20-16-25-23(27-21(20)24)29-14-12-28(13-15-29)18-6-4-3-5-7-18/h3-11,16H,2,12-15H2,1H3,(H,26,30)(H2,24,25,27). The smallest absolute Gasteiger partial charge is 0.260 e. The van der Waals surface area contributed by atoms with Crippen LogP contribution in [0.25, 0.3) is 0 Å². The number of carbonyl (C=O) groups is 1. The SMILES string of the molecule is CCOc1ccc(NC(=O)c2cnc(N3CCN(c4ccccc4)CC3)nc2N)cc1. The van der Waals surface area contributed by atoms with Crippen LogP contribution in [-0.2, 0) is 0 Å². The molecule has 2 aromatic carbocycles. The summed E-state index contributed by atoms with van der Waals surface area (Å²) in [5, 5.41) is 2.82. The third-order valence-corrected chi connectivity index (χ3v) is 5.16. The number of nitrogens with two attached hydrogens (primary N) is 1. The molecule has 1 aliphatic heterocycles. The number of nitrogen functional groups attached to an aromatic ring is 1. The lowest BCUT2D eigenvalue weighted by Gasteiger charge is -2.36. The molecule has 1 fully saturated rings. The van der Waals surface area contributed by atoms with Crippen molar-refractivity contribution in [3.63, 3.8) is 0 Å². The molecule has 31 heavy (non-hydrogen) atoms. The Labute approximate surface area is 181 Å². The zero-order chi connectivity index (χ0) is 21.6. The summed E-state index contributed by atoms with van der Waals surface area (Å²) in [5.41, 5.74) is 8.21. The van der Waals surface area contributed by atoms with Gasteiger partial charge in [-0.25, -0.2) is 4.98 Å². The van der Waals surface area contributed by atoms with E-state index >= 15 is 0 Å². The average Bonchev–Trinajstić information content (AvgIpc) is 2.81. The lowest BCUT2D eigenvalue weighted by atomic mass is 10.2. The van der Waals surface area contributed by atoms with E-state index in [0.717, 1.165) is 31.9 Å². The molecule has 0 spiro atoms. The Balaban J connectivity index is 1.38. The number of nitrogens with one attached hydrogen (secondary N) is 1. The Bertz CT molecular complexity index is 1020. The van der Waals surface area contributed by atoms with Crippen LogP contribution < -0.4 is 25.6 Å². The topological polar surface area (TPSA) is 96.6 Å². The predicted molar refractivity (Wildman–Crippen MR) is 123 cm³/mol. The normalized spacial score (nSPS) is 13.7. The summed E-state index contributed by atoms with van der Waals surface area (Å²) in [7, 11) is 0. The molecule has 160 valence electrons. The lowest BCUT2D eigenvalue weighted by molar-refractivity contribution is 0.102. The van der Waals surface area contributed by atoms with Crippen LogP contribution in [-0.4, -0.2) is 48.7 Å². The molecule has 2 heterocycles. The van der Waals surface area contributed by atoms with Crippen molar-refractivity contribution in [1.29, 1.82) is 0 Å². The summed E-state index contributed by atoms with van der Waals surface area (Å²) in [4.78, 5) is 25.8. The summed E-state index contributed by atoms with van der Waals surface area (Å²) < 4.78 is 5.41. The van der Waals surface area contributed by atoms with Crippen molar-refractivity contribution >= 4 is 29.0 Å². The van der Waals surface area contributed by atoms with E-state index in [0.29, 0.717) is 18.2 Å². The number of piperazine rings is 1. The highest BCUT2D eigenvalue weighted by Gasteiger charge is 2.21. The Morgan fingerprint density at radius 2 is 1.71 bits per heavy atom. The summed E-state index contributed by atoms with van der Waals surface area (Å²) >= 11 is 0. The fraction of sp³-hybridized carbons (Fsp3) is 0.261. The molecule has 3 aromatic rings. The largest absolute Gasteiger partial charge is 0.494 e. The second-order valence-corrected chi connectivity index (χ2v) is 7.19. The number of benzene rings is 2. The molecule has 0 bridgehead atoms. The van der Waals surface area contributed by atoms with E-state index in [1.54, 1.807) is 24.3 Å². The molecule has 0 unspecified atom stereocenters. The van der Waals surface area contributed by atoms with E-state index in [9.17, 15) is 4.79 Å². The van der Waals surface area contributed by atoms with Gasteiger partial charge in [0.05, 0.1) is 6.61 Å². The summed E-state index contributed by atoms with van der Waals surface area (Å²) in [6, 6.07) is 17.5. The average molecular weight is 419 g/mol.